The minimum Gasteiger partial charge on any atom is -0.508 e. The van der Waals surface area contributed by atoms with E-state index in [1.165, 1.54) is 6.07 Å². The summed E-state index contributed by atoms with van der Waals surface area (Å²) in [6.45, 7) is 3.45. The first-order valence-corrected chi connectivity index (χ1v) is 12.6. The Bertz CT molecular complexity index is 1330. The summed E-state index contributed by atoms with van der Waals surface area (Å²) in [5.74, 6) is 0.220. The van der Waals surface area contributed by atoms with Crippen molar-refractivity contribution in [3.05, 3.63) is 48.2 Å². The zero-order valence-corrected chi connectivity index (χ0v) is 20.9. The van der Waals surface area contributed by atoms with Gasteiger partial charge in [0.2, 0.25) is 0 Å². The predicted octanol–water partition coefficient (Wildman–Crippen LogP) is 2.75. The minimum atomic E-state index is -0.425. The maximum Gasteiger partial charge on any atom is 0.319 e. The highest BCUT2D eigenvalue weighted by atomic mass is 16.5. The highest BCUT2D eigenvalue weighted by Gasteiger charge is 2.25. The van der Waals surface area contributed by atoms with Crippen LogP contribution in [0.4, 0.5) is 11.5 Å². The van der Waals surface area contributed by atoms with E-state index in [0.29, 0.717) is 44.2 Å². The molecule has 37 heavy (non-hydrogen) atoms. The van der Waals surface area contributed by atoms with E-state index >= 15 is 0 Å². The van der Waals surface area contributed by atoms with Gasteiger partial charge in [0.05, 0.1) is 18.2 Å². The van der Waals surface area contributed by atoms with Gasteiger partial charge in [-0.2, -0.15) is 15.2 Å². The average Bonchev–Trinajstić information content (AvgIpc) is 3.32. The number of anilines is 2. The Morgan fingerprint density at radius 1 is 1.27 bits per heavy atom. The van der Waals surface area contributed by atoms with Crippen molar-refractivity contribution in [3.8, 4) is 17.8 Å². The smallest absolute Gasteiger partial charge is 0.319 e. The molecule has 2 aliphatic rings. The molecule has 2 saturated heterocycles. The summed E-state index contributed by atoms with van der Waals surface area (Å²) >= 11 is 0. The number of nitriles is 1. The fourth-order valence-electron chi connectivity index (χ4n) is 4.98. The van der Waals surface area contributed by atoms with Crippen LogP contribution in [-0.2, 0) is 0 Å². The van der Waals surface area contributed by atoms with Crippen LogP contribution in [0.25, 0.3) is 10.8 Å². The third-order valence-electron chi connectivity index (χ3n) is 7.01. The van der Waals surface area contributed by atoms with Crippen LogP contribution >= 0.6 is 0 Å². The van der Waals surface area contributed by atoms with Gasteiger partial charge in [-0.3, -0.25) is 4.79 Å². The molecule has 0 radical (unpaired) electrons. The number of nitrogens with one attached hydrogen (secondary N) is 2. The molecule has 3 aromatic rings. The van der Waals surface area contributed by atoms with E-state index in [1.54, 1.807) is 12.1 Å². The summed E-state index contributed by atoms with van der Waals surface area (Å²) in [6, 6.07) is 15.0. The third kappa shape index (κ3) is 5.74. The molecule has 0 spiro atoms. The second-order valence-electron chi connectivity index (χ2n) is 9.61. The molecule has 0 saturated carbocycles. The molecule has 1 amide bonds. The number of nitrogens with zero attached hydrogens (tertiary/aromatic N) is 5. The van der Waals surface area contributed by atoms with Crippen LogP contribution < -0.4 is 20.3 Å². The largest absolute Gasteiger partial charge is 0.508 e. The molecule has 0 unspecified atom stereocenters. The van der Waals surface area contributed by atoms with Crippen molar-refractivity contribution in [1.82, 2.24) is 20.2 Å². The quantitative estimate of drug-likeness (QED) is 0.448. The van der Waals surface area contributed by atoms with E-state index in [1.807, 2.05) is 24.3 Å². The summed E-state index contributed by atoms with van der Waals surface area (Å²) in [6.07, 6.45) is 2.55. The minimum absolute atomic E-state index is 0.0150. The number of carbonyl (C=O) groups excluding carboxylic acids is 1. The Balaban J connectivity index is 1.43. The lowest BCUT2D eigenvalue weighted by atomic mass is 10.1. The van der Waals surface area contributed by atoms with E-state index in [4.69, 9.17) is 10.00 Å². The number of ether oxygens (including phenoxy) is 1. The van der Waals surface area contributed by atoms with Crippen LogP contribution in [0.3, 0.4) is 0 Å². The lowest BCUT2D eigenvalue weighted by molar-refractivity contribution is 0.102. The molecule has 2 fully saturated rings. The van der Waals surface area contributed by atoms with Gasteiger partial charge in [-0.1, -0.05) is 24.3 Å². The number of hydrogen-bond acceptors (Lipinski definition) is 9. The lowest BCUT2D eigenvalue weighted by Gasteiger charge is -2.33. The first-order valence-electron chi connectivity index (χ1n) is 12.6. The van der Waals surface area contributed by atoms with Crippen molar-refractivity contribution in [2.45, 2.75) is 31.3 Å². The van der Waals surface area contributed by atoms with E-state index in [2.05, 4.69) is 43.5 Å². The number of likely N-dealkylation sites (tertiary alicyclic amines) is 1. The number of fused-ring (bicyclic) bond motifs is 1. The van der Waals surface area contributed by atoms with Crippen molar-refractivity contribution in [2.24, 2.45) is 0 Å². The number of phenols is 1. The topological polar surface area (TPSA) is 127 Å². The average molecular weight is 502 g/mol. The molecule has 0 aliphatic carbocycles. The molecule has 192 valence electrons. The van der Waals surface area contributed by atoms with Crippen LogP contribution in [0.1, 0.15) is 29.8 Å². The van der Waals surface area contributed by atoms with Crippen LogP contribution in [-0.4, -0.2) is 77.8 Å². The summed E-state index contributed by atoms with van der Waals surface area (Å²) in [7, 11) is 2.08. The second kappa shape index (κ2) is 11.0. The highest BCUT2D eigenvalue weighted by Crippen LogP contribution is 2.29. The molecule has 10 heteroatoms. The van der Waals surface area contributed by atoms with E-state index in [-0.39, 0.29) is 29.5 Å². The van der Waals surface area contributed by atoms with Crippen LogP contribution in [0.2, 0.25) is 0 Å². The predicted molar refractivity (Wildman–Crippen MR) is 141 cm³/mol. The Kier molecular flexibility index (Phi) is 7.35. The number of rotatable bonds is 7. The van der Waals surface area contributed by atoms with Gasteiger partial charge >= 0.3 is 6.01 Å². The zero-order chi connectivity index (χ0) is 25.8. The van der Waals surface area contributed by atoms with Crippen molar-refractivity contribution >= 4 is 28.2 Å². The molecule has 5 rings (SSSR count). The van der Waals surface area contributed by atoms with Gasteiger partial charge in [-0.15, -0.1) is 0 Å². The molecular formula is C27H31N7O3. The highest BCUT2D eigenvalue weighted by molar-refractivity contribution is 6.09. The number of piperazine rings is 1. The summed E-state index contributed by atoms with van der Waals surface area (Å²) < 4.78 is 6.02. The fraction of sp³-hybridized carbons (Fsp3) is 0.407. The van der Waals surface area contributed by atoms with Gasteiger partial charge in [-0.05, 0) is 37.9 Å². The van der Waals surface area contributed by atoms with Gasteiger partial charge in [0.1, 0.15) is 23.9 Å². The number of benzene rings is 2. The monoisotopic (exact) mass is 501 g/mol. The van der Waals surface area contributed by atoms with Gasteiger partial charge in [0, 0.05) is 49.2 Å². The van der Waals surface area contributed by atoms with Gasteiger partial charge in [0.25, 0.3) is 5.91 Å². The molecule has 2 aromatic carbocycles. The van der Waals surface area contributed by atoms with Crippen LogP contribution in [0, 0.1) is 11.3 Å². The standard InChI is InChI=1S/C27H31N7O3/c1-33-11-4-6-20(33)17-37-27-31-24(15-25(32-27)34-12-10-29-19(16-34)8-9-28)26(36)30-23-14-21(35)13-18-5-2-3-7-22(18)23/h2-3,5,7,13-15,19-20,29,35H,4,6,8,10-12,16-17H2,1H3,(H,30,36)/t19-,20-/m0/s1. The Morgan fingerprint density at radius 2 is 2.14 bits per heavy atom. The normalized spacial score (nSPS) is 20.1. The zero-order valence-electron chi connectivity index (χ0n) is 20.9. The number of hydrogen-bond donors (Lipinski definition) is 3. The molecule has 0 bridgehead atoms. The molecule has 2 aliphatic heterocycles. The van der Waals surface area contributed by atoms with Crippen LogP contribution in [0.15, 0.2) is 42.5 Å². The summed E-state index contributed by atoms with van der Waals surface area (Å²) in [5.41, 5.74) is 0.662. The summed E-state index contributed by atoms with van der Waals surface area (Å²) in [4.78, 5) is 26.8. The van der Waals surface area contributed by atoms with Crippen molar-refractivity contribution < 1.29 is 14.6 Å². The van der Waals surface area contributed by atoms with E-state index in [0.717, 1.165) is 30.2 Å². The lowest BCUT2D eigenvalue weighted by Crippen LogP contribution is -2.51. The molecular weight excluding hydrogens is 470 g/mol. The molecule has 2 atom stereocenters. The number of aromatic nitrogens is 2. The molecule has 3 N–H and O–H groups in total. The van der Waals surface area contributed by atoms with Gasteiger partial charge in [0.15, 0.2) is 0 Å². The van der Waals surface area contributed by atoms with Crippen molar-refractivity contribution in [2.75, 3.05) is 50.1 Å². The maximum absolute atomic E-state index is 13.4. The number of amides is 1. The Hall–Kier alpha value is -3.94. The van der Waals surface area contributed by atoms with E-state index in [9.17, 15) is 9.90 Å². The summed E-state index contributed by atoms with van der Waals surface area (Å²) in [5, 5.41) is 27.2. The number of aromatic hydroxyl groups is 1. The SMILES string of the molecule is CN1CCC[C@H]1COc1nc(C(=O)Nc2cc(O)cc3ccccc23)cc(N2CCN[C@@H](CC#N)C2)n1. The second-order valence-corrected chi connectivity index (χ2v) is 9.61. The number of likely N-dealkylation sites (N-methyl/N-ethyl adjacent to an activating group) is 1. The van der Waals surface area contributed by atoms with Gasteiger partial charge in [-0.25, -0.2) is 0 Å². The number of phenolic OH excluding ortho intramolecular Hbond substituents is 1. The van der Waals surface area contributed by atoms with Gasteiger partial charge < -0.3 is 30.3 Å². The fourth-order valence-corrected chi connectivity index (χ4v) is 4.98. The number of carbonyl (C=O) groups is 1. The first-order chi connectivity index (χ1) is 18.0. The van der Waals surface area contributed by atoms with Crippen LogP contribution in [0.5, 0.6) is 11.8 Å². The van der Waals surface area contributed by atoms with E-state index < -0.39 is 5.91 Å². The Morgan fingerprint density at radius 3 is 2.95 bits per heavy atom. The van der Waals surface area contributed by atoms with Crippen molar-refractivity contribution in [1.29, 1.82) is 5.26 Å². The third-order valence-corrected chi connectivity index (χ3v) is 7.01. The molecule has 1 aromatic heterocycles. The van der Waals surface area contributed by atoms with Crippen molar-refractivity contribution in [3.63, 3.8) is 0 Å². The maximum atomic E-state index is 13.4. The molecule has 3 heterocycles. The Labute approximate surface area is 215 Å². The first kappa shape index (κ1) is 24.7. The molecule has 10 nitrogen and oxygen atoms in total.